The lowest BCUT2D eigenvalue weighted by molar-refractivity contribution is 0.1000. The van der Waals surface area contributed by atoms with E-state index in [1.807, 2.05) is 60.5 Å². The third kappa shape index (κ3) is 3.35. The summed E-state index contributed by atoms with van der Waals surface area (Å²) in [4.78, 5) is 14.1. The Balaban J connectivity index is 2.08. The highest BCUT2D eigenvalue weighted by Gasteiger charge is 2.10. The van der Waals surface area contributed by atoms with Crippen LogP contribution in [0.4, 0.5) is 5.69 Å². The van der Waals surface area contributed by atoms with Crippen molar-refractivity contribution in [2.75, 3.05) is 25.6 Å². The fourth-order valence-corrected chi connectivity index (χ4v) is 1.88. The van der Waals surface area contributed by atoms with Crippen molar-refractivity contribution in [3.8, 4) is 5.75 Å². The van der Waals surface area contributed by atoms with Gasteiger partial charge in [-0.2, -0.15) is 0 Å². The Morgan fingerprint density at radius 1 is 1.11 bits per heavy atom. The van der Waals surface area contributed by atoms with E-state index >= 15 is 0 Å². The molecule has 0 aliphatic rings. The van der Waals surface area contributed by atoms with Crippen LogP contribution in [0.25, 0.3) is 0 Å². The summed E-state index contributed by atoms with van der Waals surface area (Å²) < 4.78 is 5.13. The Hall–Kier alpha value is -2.29. The van der Waals surface area contributed by atoms with Gasteiger partial charge in [0.25, 0.3) is 0 Å². The Bertz CT molecular complexity index is 552. The fraction of sp³-hybridized carbons (Fsp3) is 0.188. The molecule has 0 saturated carbocycles. The number of nitrogens with zero attached hydrogens (tertiary/aromatic N) is 1. The maximum Gasteiger partial charge on any atom is 0.182 e. The number of hydrogen-bond acceptors (Lipinski definition) is 3. The highest BCUT2D eigenvalue weighted by molar-refractivity contribution is 5.99. The highest BCUT2D eigenvalue weighted by atomic mass is 16.5. The molecular formula is C16H17NO2. The summed E-state index contributed by atoms with van der Waals surface area (Å²) in [7, 11) is 3.51. The van der Waals surface area contributed by atoms with Crippen LogP contribution in [-0.4, -0.2) is 26.5 Å². The first kappa shape index (κ1) is 13.1. The maximum atomic E-state index is 12.2. The molecule has 0 saturated heterocycles. The second kappa shape index (κ2) is 6.05. The van der Waals surface area contributed by atoms with Gasteiger partial charge in [0.2, 0.25) is 0 Å². The minimum absolute atomic E-state index is 0.0743. The van der Waals surface area contributed by atoms with Crippen LogP contribution in [0, 0.1) is 0 Å². The maximum absolute atomic E-state index is 12.2. The molecule has 0 bridgehead atoms. The van der Waals surface area contributed by atoms with Crippen LogP contribution >= 0.6 is 0 Å². The molecule has 2 aromatic carbocycles. The average molecular weight is 255 g/mol. The molecule has 0 spiro atoms. The molecule has 3 nitrogen and oxygen atoms in total. The van der Waals surface area contributed by atoms with Crippen molar-refractivity contribution in [1.82, 2.24) is 0 Å². The SMILES string of the molecule is COc1cccc(C(=O)CN(C)c2ccccc2)c1. The number of ether oxygens (including phenoxy) is 1. The van der Waals surface area contributed by atoms with Crippen molar-refractivity contribution < 1.29 is 9.53 Å². The number of methoxy groups -OCH3 is 1. The van der Waals surface area contributed by atoms with E-state index < -0.39 is 0 Å². The Labute approximate surface area is 113 Å². The molecule has 0 N–H and O–H groups in total. The van der Waals surface area contributed by atoms with E-state index in [1.54, 1.807) is 13.2 Å². The number of carbonyl (C=O) groups excluding carboxylic acids is 1. The summed E-state index contributed by atoms with van der Waals surface area (Å²) in [5.74, 6) is 0.776. The minimum Gasteiger partial charge on any atom is -0.497 e. The second-order valence-electron chi connectivity index (χ2n) is 4.35. The first-order valence-electron chi connectivity index (χ1n) is 6.14. The van der Waals surface area contributed by atoms with Gasteiger partial charge in [-0.05, 0) is 24.3 Å². The predicted octanol–water partition coefficient (Wildman–Crippen LogP) is 3.01. The van der Waals surface area contributed by atoms with Gasteiger partial charge in [-0.1, -0.05) is 30.3 Å². The molecule has 2 aromatic rings. The Kier molecular flexibility index (Phi) is 4.18. The molecular weight excluding hydrogens is 238 g/mol. The molecule has 0 fully saturated rings. The highest BCUT2D eigenvalue weighted by Crippen LogP contribution is 2.15. The van der Waals surface area contributed by atoms with Crippen molar-refractivity contribution in [3.05, 3.63) is 60.2 Å². The smallest absolute Gasteiger partial charge is 0.182 e. The van der Waals surface area contributed by atoms with Crippen molar-refractivity contribution in [1.29, 1.82) is 0 Å². The zero-order chi connectivity index (χ0) is 13.7. The van der Waals surface area contributed by atoms with E-state index in [0.717, 1.165) is 5.69 Å². The zero-order valence-corrected chi connectivity index (χ0v) is 11.2. The van der Waals surface area contributed by atoms with E-state index in [9.17, 15) is 4.79 Å². The number of anilines is 1. The fourth-order valence-electron chi connectivity index (χ4n) is 1.88. The molecule has 0 heterocycles. The molecule has 0 amide bonds. The largest absolute Gasteiger partial charge is 0.497 e. The van der Waals surface area contributed by atoms with Crippen LogP contribution in [0.1, 0.15) is 10.4 Å². The quantitative estimate of drug-likeness (QED) is 0.769. The number of ketones is 1. The first-order valence-corrected chi connectivity index (χ1v) is 6.14. The van der Waals surface area contributed by atoms with Crippen LogP contribution < -0.4 is 9.64 Å². The van der Waals surface area contributed by atoms with Crippen molar-refractivity contribution >= 4 is 11.5 Å². The number of hydrogen-bond donors (Lipinski definition) is 0. The van der Waals surface area contributed by atoms with Gasteiger partial charge in [-0.25, -0.2) is 0 Å². The van der Waals surface area contributed by atoms with Crippen LogP contribution in [-0.2, 0) is 0 Å². The molecule has 0 atom stereocenters. The second-order valence-corrected chi connectivity index (χ2v) is 4.35. The minimum atomic E-state index is 0.0743. The summed E-state index contributed by atoms with van der Waals surface area (Å²) in [6.07, 6.45) is 0. The molecule has 19 heavy (non-hydrogen) atoms. The zero-order valence-electron chi connectivity index (χ0n) is 11.2. The monoisotopic (exact) mass is 255 g/mol. The first-order chi connectivity index (χ1) is 9.20. The summed E-state index contributed by atoms with van der Waals surface area (Å²) in [5, 5.41) is 0. The van der Waals surface area contributed by atoms with Gasteiger partial charge < -0.3 is 9.64 Å². The summed E-state index contributed by atoms with van der Waals surface area (Å²) >= 11 is 0. The summed E-state index contributed by atoms with van der Waals surface area (Å²) in [6, 6.07) is 17.1. The van der Waals surface area contributed by atoms with Crippen LogP contribution in [0.3, 0.4) is 0 Å². The number of Topliss-reactive ketones (excluding diaryl/α,β-unsaturated/α-hetero) is 1. The van der Waals surface area contributed by atoms with E-state index in [4.69, 9.17) is 4.74 Å². The number of para-hydroxylation sites is 1. The van der Waals surface area contributed by atoms with Gasteiger partial charge in [0.15, 0.2) is 5.78 Å². The van der Waals surface area contributed by atoms with E-state index in [-0.39, 0.29) is 5.78 Å². The molecule has 0 aromatic heterocycles. The lowest BCUT2D eigenvalue weighted by atomic mass is 10.1. The average Bonchev–Trinajstić information content (AvgIpc) is 2.48. The third-order valence-corrected chi connectivity index (χ3v) is 2.97. The predicted molar refractivity (Wildman–Crippen MR) is 77.0 cm³/mol. The van der Waals surface area contributed by atoms with E-state index in [2.05, 4.69) is 0 Å². The molecule has 0 unspecified atom stereocenters. The lowest BCUT2D eigenvalue weighted by Gasteiger charge is -2.18. The topological polar surface area (TPSA) is 29.5 Å². The van der Waals surface area contributed by atoms with Gasteiger partial charge in [0.05, 0.1) is 13.7 Å². The molecule has 0 aliphatic heterocycles. The molecule has 2 rings (SSSR count). The summed E-state index contributed by atoms with van der Waals surface area (Å²) in [6.45, 7) is 0.344. The Morgan fingerprint density at radius 3 is 2.53 bits per heavy atom. The normalized spacial score (nSPS) is 10.0. The molecule has 98 valence electrons. The van der Waals surface area contributed by atoms with Gasteiger partial charge in [0, 0.05) is 18.3 Å². The third-order valence-electron chi connectivity index (χ3n) is 2.97. The number of rotatable bonds is 5. The van der Waals surface area contributed by atoms with Gasteiger partial charge in [-0.3, -0.25) is 4.79 Å². The molecule has 3 heteroatoms. The van der Waals surface area contributed by atoms with E-state index in [0.29, 0.717) is 17.9 Å². The van der Waals surface area contributed by atoms with Crippen LogP contribution in [0.5, 0.6) is 5.75 Å². The van der Waals surface area contributed by atoms with Crippen molar-refractivity contribution in [2.24, 2.45) is 0 Å². The number of carbonyl (C=O) groups is 1. The summed E-state index contributed by atoms with van der Waals surface area (Å²) in [5.41, 5.74) is 1.70. The van der Waals surface area contributed by atoms with E-state index in [1.165, 1.54) is 0 Å². The van der Waals surface area contributed by atoms with Crippen LogP contribution in [0.2, 0.25) is 0 Å². The van der Waals surface area contributed by atoms with Gasteiger partial charge in [0.1, 0.15) is 5.75 Å². The molecule has 0 radical (unpaired) electrons. The standard InChI is InChI=1S/C16H17NO2/c1-17(14-8-4-3-5-9-14)12-16(18)13-7-6-10-15(11-13)19-2/h3-11H,12H2,1-2H3. The van der Waals surface area contributed by atoms with Gasteiger partial charge in [-0.15, -0.1) is 0 Å². The lowest BCUT2D eigenvalue weighted by Crippen LogP contribution is -2.25. The van der Waals surface area contributed by atoms with Crippen LogP contribution in [0.15, 0.2) is 54.6 Å². The number of benzene rings is 2. The Morgan fingerprint density at radius 2 is 1.84 bits per heavy atom. The number of likely N-dealkylation sites (N-methyl/N-ethyl adjacent to an activating group) is 1. The molecule has 0 aliphatic carbocycles. The van der Waals surface area contributed by atoms with Crippen molar-refractivity contribution in [3.63, 3.8) is 0 Å². The van der Waals surface area contributed by atoms with Crippen molar-refractivity contribution in [2.45, 2.75) is 0 Å². The van der Waals surface area contributed by atoms with Gasteiger partial charge >= 0.3 is 0 Å².